The van der Waals surface area contributed by atoms with E-state index >= 15 is 0 Å². The van der Waals surface area contributed by atoms with E-state index in [2.05, 4.69) is 17.1 Å². The number of aromatic nitrogens is 1. The highest BCUT2D eigenvalue weighted by Crippen LogP contribution is 2.45. The number of hydrogen-bond donors (Lipinski definition) is 0. The number of pyridine rings is 1. The summed E-state index contributed by atoms with van der Waals surface area (Å²) in [5, 5.41) is 10.7. The van der Waals surface area contributed by atoms with Crippen LogP contribution < -0.4 is 4.90 Å². The number of hydrogen-bond acceptors (Lipinski definition) is 5. The molecule has 6 nitrogen and oxygen atoms in total. The number of fused-ring (bicyclic) bond motifs is 6. The third kappa shape index (κ3) is 1.78. The van der Waals surface area contributed by atoms with E-state index in [4.69, 9.17) is 0 Å². The summed E-state index contributed by atoms with van der Waals surface area (Å²) in [4.78, 5) is 29.1. The zero-order valence-corrected chi connectivity index (χ0v) is 11.4. The van der Waals surface area contributed by atoms with Crippen molar-refractivity contribution < 1.29 is 9.72 Å². The minimum atomic E-state index is -0.459. The molecule has 0 aromatic carbocycles. The van der Waals surface area contributed by atoms with Crippen LogP contribution in [0.25, 0.3) is 0 Å². The Morgan fingerprint density at radius 2 is 2.10 bits per heavy atom. The zero-order valence-electron chi connectivity index (χ0n) is 11.4. The molecule has 1 saturated heterocycles. The van der Waals surface area contributed by atoms with Crippen LogP contribution in [0.3, 0.4) is 0 Å². The monoisotopic (exact) mass is 285 g/mol. The molecule has 0 radical (unpaired) electrons. The van der Waals surface area contributed by atoms with Gasteiger partial charge >= 0.3 is 0 Å². The number of allylic oxidation sites excluding steroid dienone is 1. The van der Waals surface area contributed by atoms with Crippen molar-refractivity contribution in [1.29, 1.82) is 0 Å². The van der Waals surface area contributed by atoms with E-state index in [-0.39, 0.29) is 23.6 Å². The summed E-state index contributed by atoms with van der Waals surface area (Å²) in [5.41, 5.74) is -0.0237. The molecule has 0 amide bonds. The van der Waals surface area contributed by atoms with Gasteiger partial charge in [-0.05, 0) is 24.8 Å². The number of anilines is 1. The first-order chi connectivity index (χ1) is 10.1. The maximum atomic E-state index is 12.6. The third-order valence-corrected chi connectivity index (χ3v) is 4.98. The fourth-order valence-corrected chi connectivity index (χ4v) is 4.00. The average Bonchev–Trinajstić information content (AvgIpc) is 2.92. The number of rotatable bonds is 2. The van der Waals surface area contributed by atoms with Crippen LogP contribution in [0.15, 0.2) is 30.5 Å². The molecule has 0 N–H and O–H groups in total. The minimum absolute atomic E-state index is 0.0237. The predicted octanol–water partition coefficient (Wildman–Crippen LogP) is 1.96. The summed E-state index contributed by atoms with van der Waals surface area (Å²) >= 11 is 0. The summed E-state index contributed by atoms with van der Waals surface area (Å²) in [6.45, 7) is 0.792. The Bertz CT molecular complexity index is 640. The molecule has 21 heavy (non-hydrogen) atoms. The van der Waals surface area contributed by atoms with Crippen LogP contribution >= 0.6 is 0 Å². The van der Waals surface area contributed by atoms with Gasteiger partial charge in [-0.15, -0.1) is 0 Å². The van der Waals surface area contributed by atoms with Crippen molar-refractivity contribution in [1.82, 2.24) is 4.98 Å². The molecule has 6 heteroatoms. The highest BCUT2D eigenvalue weighted by Gasteiger charge is 2.50. The van der Waals surface area contributed by atoms with Crippen LogP contribution in [0.5, 0.6) is 0 Å². The van der Waals surface area contributed by atoms with E-state index in [0.29, 0.717) is 17.5 Å². The topological polar surface area (TPSA) is 76.3 Å². The quantitative estimate of drug-likeness (QED) is 0.471. The van der Waals surface area contributed by atoms with Crippen molar-refractivity contribution in [3.05, 3.63) is 40.6 Å². The number of nitrogens with zero attached hydrogens (tertiary/aromatic N) is 3. The number of ketones is 1. The maximum Gasteiger partial charge on any atom is 0.287 e. The molecule has 1 aliphatic heterocycles. The van der Waals surface area contributed by atoms with Crippen LogP contribution in [0.4, 0.5) is 11.5 Å². The average molecular weight is 285 g/mol. The molecule has 1 saturated carbocycles. The summed E-state index contributed by atoms with van der Waals surface area (Å²) in [6.07, 6.45) is 7.51. The fraction of sp³-hybridized carbons (Fsp3) is 0.467. The fourth-order valence-electron chi connectivity index (χ4n) is 4.00. The Morgan fingerprint density at radius 1 is 1.29 bits per heavy atom. The SMILES string of the molecule is O=C1[C@H]2CCN(c3ccc([N+](=O)[O-])cn3)[C@@H]1[C@H]1C=C[C@@H]2C1. The second-order valence-electron chi connectivity index (χ2n) is 6.02. The maximum absolute atomic E-state index is 12.6. The van der Waals surface area contributed by atoms with Crippen molar-refractivity contribution in [2.75, 3.05) is 11.4 Å². The largest absolute Gasteiger partial charge is 0.346 e. The molecule has 4 atom stereocenters. The van der Waals surface area contributed by atoms with Gasteiger partial charge in [0.05, 0.1) is 11.0 Å². The Morgan fingerprint density at radius 3 is 2.81 bits per heavy atom. The number of carbonyl (C=O) groups is 1. The highest BCUT2D eigenvalue weighted by molar-refractivity contribution is 5.92. The zero-order chi connectivity index (χ0) is 14.6. The lowest BCUT2D eigenvalue weighted by Crippen LogP contribution is -2.57. The Kier molecular flexibility index (Phi) is 2.60. The second-order valence-corrected chi connectivity index (χ2v) is 6.02. The van der Waals surface area contributed by atoms with E-state index in [1.54, 1.807) is 6.07 Å². The van der Waals surface area contributed by atoms with Crippen molar-refractivity contribution in [2.24, 2.45) is 17.8 Å². The Balaban J connectivity index is 1.67. The normalized spacial score (nSPS) is 33.3. The number of carbonyl (C=O) groups excluding carboxylic acids is 1. The lowest BCUT2D eigenvalue weighted by atomic mass is 9.70. The lowest BCUT2D eigenvalue weighted by Gasteiger charge is -2.46. The Labute approximate surface area is 121 Å². The number of Topliss-reactive ketones (excluding diaryl/α,β-unsaturated/α-hetero) is 1. The van der Waals surface area contributed by atoms with Gasteiger partial charge in [0.1, 0.15) is 12.0 Å². The van der Waals surface area contributed by atoms with Crippen molar-refractivity contribution in [2.45, 2.75) is 18.9 Å². The first kappa shape index (κ1) is 12.5. The third-order valence-electron chi connectivity index (χ3n) is 4.98. The smallest absolute Gasteiger partial charge is 0.287 e. The molecular weight excluding hydrogens is 270 g/mol. The first-order valence-electron chi connectivity index (χ1n) is 7.24. The van der Waals surface area contributed by atoms with E-state index in [0.717, 1.165) is 19.4 Å². The van der Waals surface area contributed by atoms with E-state index in [1.807, 2.05) is 4.90 Å². The van der Waals surface area contributed by atoms with E-state index in [1.165, 1.54) is 12.3 Å². The molecule has 4 rings (SSSR count). The van der Waals surface area contributed by atoms with Gasteiger partial charge in [-0.25, -0.2) is 4.98 Å². The van der Waals surface area contributed by atoms with Crippen molar-refractivity contribution in [3.8, 4) is 0 Å². The van der Waals surface area contributed by atoms with Crippen LogP contribution in [0, 0.1) is 27.9 Å². The van der Waals surface area contributed by atoms with E-state index < -0.39 is 4.92 Å². The summed E-state index contributed by atoms with van der Waals surface area (Å²) < 4.78 is 0. The molecular formula is C15H15N3O3. The second kappa shape index (κ2) is 4.38. The summed E-state index contributed by atoms with van der Waals surface area (Å²) in [7, 11) is 0. The molecule has 0 unspecified atom stereocenters. The molecule has 4 bridgehead atoms. The van der Waals surface area contributed by atoms with Crippen molar-refractivity contribution in [3.63, 3.8) is 0 Å². The summed E-state index contributed by atoms with van der Waals surface area (Å²) in [5.74, 6) is 1.81. The predicted molar refractivity (Wildman–Crippen MR) is 75.9 cm³/mol. The van der Waals surface area contributed by atoms with Gasteiger partial charge < -0.3 is 4.90 Å². The summed E-state index contributed by atoms with van der Waals surface area (Å²) in [6, 6.07) is 2.96. The molecule has 3 aliphatic rings. The van der Waals surface area contributed by atoms with Crippen molar-refractivity contribution >= 4 is 17.3 Å². The Hall–Kier alpha value is -2.24. The minimum Gasteiger partial charge on any atom is -0.346 e. The molecule has 0 spiro atoms. The number of nitro groups is 1. The van der Waals surface area contributed by atoms with Gasteiger partial charge in [-0.2, -0.15) is 0 Å². The van der Waals surface area contributed by atoms with Gasteiger partial charge in [0.15, 0.2) is 5.78 Å². The van der Waals surface area contributed by atoms with Gasteiger partial charge in [0.2, 0.25) is 0 Å². The van der Waals surface area contributed by atoms with Crippen LogP contribution in [0.1, 0.15) is 12.8 Å². The molecule has 1 aromatic heterocycles. The highest BCUT2D eigenvalue weighted by atomic mass is 16.6. The van der Waals surface area contributed by atoms with Crippen LogP contribution in [0.2, 0.25) is 0 Å². The molecule has 2 heterocycles. The lowest BCUT2D eigenvalue weighted by molar-refractivity contribution is -0.385. The van der Waals surface area contributed by atoms with Gasteiger partial charge in [0.25, 0.3) is 5.69 Å². The van der Waals surface area contributed by atoms with Gasteiger partial charge in [-0.3, -0.25) is 14.9 Å². The first-order valence-corrected chi connectivity index (χ1v) is 7.24. The van der Waals surface area contributed by atoms with Gasteiger partial charge in [-0.1, -0.05) is 12.2 Å². The van der Waals surface area contributed by atoms with Gasteiger partial charge in [0, 0.05) is 24.4 Å². The molecule has 2 aliphatic carbocycles. The standard InChI is InChI=1S/C15H15N3O3/c19-15-12-5-6-17(14(15)10-2-1-9(12)7-10)13-4-3-11(8-16-13)18(20)21/h1-4,8-10,12,14H,5-7H2/t9-,10+,12+,14-/m1/s1. The van der Waals surface area contributed by atoms with Crippen LogP contribution in [-0.4, -0.2) is 28.3 Å². The molecule has 108 valence electrons. The number of piperidine rings is 1. The molecule has 1 aromatic rings. The molecule has 2 fully saturated rings. The van der Waals surface area contributed by atoms with E-state index in [9.17, 15) is 14.9 Å². The van der Waals surface area contributed by atoms with Crippen LogP contribution in [-0.2, 0) is 4.79 Å².